The first-order valence-electron chi connectivity index (χ1n) is 12.8. The summed E-state index contributed by atoms with van der Waals surface area (Å²) < 4.78 is 1.85. The van der Waals surface area contributed by atoms with Gasteiger partial charge in [0.05, 0.1) is 22.4 Å². The van der Waals surface area contributed by atoms with E-state index < -0.39 is 0 Å². The van der Waals surface area contributed by atoms with Crippen LogP contribution >= 0.6 is 11.6 Å². The van der Waals surface area contributed by atoms with Gasteiger partial charge < -0.3 is 4.90 Å². The highest BCUT2D eigenvalue weighted by molar-refractivity contribution is 6.38. The molecule has 184 valence electrons. The Hall–Kier alpha value is -3.26. The highest BCUT2D eigenvalue weighted by atomic mass is 35.5. The first-order valence-corrected chi connectivity index (χ1v) is 13.1. The van der Waals surface area contributed by atoms with Crippen LogP contribution in [0.15, 0.2) is 35.1 Å². The summed E-state index contributed by atoms with van der Waals surface area (Å²) in [7, 11) is 1.93. The van der Waals surface area contributed by atoms with Gasteiger partial charge in [-0.05, 0) is 50.7 Å². The fourth-order valence-electron chi connectivity index (χ4n) is 6.90. The minimum Gasteiger partial charge on any atom is -0.355 e. The summed E-state index contributed by atoms with van der Waals surface area (Å²) in [5.41, 5.74) is 7.72. The fourth-order valence-corrected chi connectivity index (χ4v) is 7.29. The second-order valence-electron chi connectivity index (χ2n) is 10.5. The van der Waals surface area contributed by atoms with E-state index in [1.54, 1.807) is 0 Å². The van der Waals surface area contributed by atoms with E-state index in [0.717, 1.165) is 71.0 Å². The van der Waals surface area contributed by atoms with Crippen molar-refractivity contribution in [2.24, 2.45) is 29.3 Å². The number of fused-ring (bicyclic) bond motifs is 3. The van der Waals surface area contributed by atoms with Gasteiger partial charge in [0.15, 0.2) is 0 Å². The third-order valence-corrected chi connectivity index (χ3v) is 9.31. The van der Waals surface area contributed by atoms with Crippen molar-refractivity contribution in [1.29, 1.82) is 0 Å². The summed E-state index contributed by atoms with van der Waals surface area (Å²) in [5.74, 6) is 2.26. The maximum Gasteiger partial charge on any atom is 0.202 e. The number of aliphatic imine (C=N–C) groups is 1. The third-order valence-electron chi connectivity index (χ3n) is 8.92. The Labute approximate surface area is 214 Å². The molecule has 0 amide bonds. The van der Waals surface area contributed by atoms with E-state index in [-0.39, 0.29) is 5.41 Å². The van der Waals surface area contributed by atoms with Gasteiger partial charge in [-0.15, -0.1) is 0 Å². The molecule has 1 aromatic carbocycles. The van der Waals surface area contributed by atoms with Crippen molar-refractivity contribution in [3.8, 4) is 11.3 Å². The fraction of sp³-hybridized carbons (Fsp3) is 0.444. The molecule has 9 heteroatoms. The molecule has 0 spiro atoms. The van der Waals surface area contributed by atoms with E-state index >= 15 is 0 Å². The summed E-state index contributed by atoms with van der Waals surface area (Å²) in [6.07, 6.45) is 7.50. The van der Waals surface area contributed by atoms with Crippen LogP contribution in [0, 0.1) is 24.2 Å². The van der Waals surface area contributed by atoms with Crippen LogP contribution in [-0.2, 0) is 7.05 Å². The van der Waals surface area contributed by atoms with E-state index in [9.17, 15) is 0 Å². The Morgan fingerprint density at radius 1 is 1.22 bits per heavy atom. The Morgan fingerprint density at radius 3 is 2.86 bits per heavy atom. The van der Waals surface area contributed by atoms with Crippen molar-refractivity contribution in [3.63, 3.8) is 0 Å². The summed E-state index contributed by atoms with van der Waals surface area (Å²) in [4.78, 5) is 17.0. The molecular formula is C27H29ClN8. The number of halogens is 1. The van der Waals surface area contributed by atoms with Crippen molar-refractivity contribution in [2.45, 2.75) is 40.0 Å². The summed E-state index contributed by atoms with van der Waals surface area (Å²) >= 11 is 6.86. The first kappa shape index (κ1) is 22.0. The molecule has 1 saturated carbocycles. The Kier molecular flexibility index (Phi) is 4.65. The minimum atomic E-state index is 0.264. The van der Waals surface area contributed by atoms with Crippen LogP contribution in [0.25, 0.3) is 33.3 Å². The highest BCUT2D eigenvalue weighted by Gasteiger charge is 2.66. The smallest absolute Gasteiger partial charge is 0.202 e. The van der Waals surface area contributed by atoms with Crippen LogP contribution in [0.4, 0.5) is 5.82 Å². The maximum absolute atomic E-state index is 6.86. The molecule has 1 saturated heterocycles. The van der Waals surface area contributed by atoms with E-state index in [4.69, 9.17) is 26.6 Å². The quantitative estimate of drug-likeness (QED) is 0.401. The van der Waals surface area contributed by atoms with Gasteiger partial charge in [0.25, 0.3) is 0 Å². The molecule has 7 rings (SSSR count). The van der Waals surface area contributed by atoms with Gasteiger partial charge in [0.2, 0.25) is 5.65 Å². The number of allylic oxidation sites excluding steroid dienone is 2. The van der Waals surface area contributed by atoms with Crippen molar-refractivity contribution >= 4 is 45.2 Å². The molecular weight excluding hydrogens is 472 g/mol. The van der Waals surface area contributed by atoms with Gasteiger partial charge in [-0.25, -0.2) is 9.97 Å². The van der Waals surface area contributed by atoms with E-state index in [2.05, 4.69) is 40.1 Å². The summed E-state index contributed by atoms with van der Waals surface area (Å²) in [6, 6.07) is 3.97. The van der Waals surface area contributed by atoms with E-state index in [1.165, 1.54) is 17.8 Å². The molecule has 0 bridgehead atoms. The van der Waals surface area contributed by atoms with Crippen LogP contribution in [0.1, 0.15) is 38.8 Å². The van der Waals surface area contributed by atoms with Gasteiger partial charge >= 0.3 is 0 Å². The normalized spacial score (nSPS) is 25.4. The Morgan fingerprint density at radius 2 is 2.08 bits per heavy atom. The second-order valence-corrected chi connectivity index (χ2v) is 10.9. The molecule has 3 atom stereocenters. The van der Waals surface area contributed by atoms with Gasteiger partial charge in [0.1, 0.15) is 11.3 Å². The number of aromatic nitrogens is 6. The van der Waals surface area contributed by atoms with E-state index in [1.807, 2.05) is 37.0 Å². The lowest BCUT2D eigenvalue weighted by atomic mass is 9.90. The summed E-state index contributed by atoms with van der Waals surface area (Å²) in [5, 5.41) is 13.8. The van der Waals surface area contributed by atoms with Gasteiger partial charge in [0, 0.05) is 60.0 Å². The van der Waals surface area contributed by atoms with Crippen molar-refractivity contribution in [2.75, 3.05) is 18.0 Å². The number of H-pyrrole nitrogens is 1. The number of anilines is 1. The summed E-state index contributed by atoms with van der Waals surface area (Å²) in [6.45, 7) is 8.45. The molecule has 0 unspecified atom stereocenters. The van der Waals surface area contributed by atoms with Gasteiger partial charge in [-0.1, -0.05) is 24.6 Å². The lowest BCUT2D eigenvalue weighted by Crippen LogP contribution is -2.32. The van der Waals surface area contributed by atoms with Crippen molar-refractivity contribution in [3.05, 3.63) is 40.8 Å². The molecule has 1 N–H and O–H groups in total. The lowest BCUT2D eigenvalue weighted by molar-refractivity contribution is 0.543. The standard InChI is InChI=1S/C27H29ClN8/c1-5-27(20-9-6-14(2)30-20)17-10-11-36(13-18(17)27)21-12-29-25-24(32-33-26(25)31-21)16-7-8-19-22(23(16)28)15(3)35(4)34-19/h6-8,12,17-18H,5,9-11,13H2,1-4H3,(H,31,32,33)/t17-,18+,27+/m1/s1. The molecule has 36 heavy (non-hydrogen) atoms. The van der Waals surface area contributed by atoms with Gasteiger partial charge in [-0.3, -0.25) is 14.8 Å². The average molecular weight is 501 g/mol. The topological polar surface area (TPSA) is 87.9 Å². The zero-order valence-electron chi connectivity index (χ0n) is 21.0. The largest absolute Gasteiger partial charge is 0.355 e. The monoisotopic (exact) mass is 500 g/mol. The van der Waals surface area contributed by atoms with Crippen LogP contribution in [0.2, 0.25) is 5.02 Å². The Bertz CT molecular complexity index is 1610. The number of benzene rings is 1. The van der Waals surface area contributed by atoms with Crippen LogP contribution in [-0.4, -0.2) is 48.7 Å². The molecule has 1 aliphatic carbocycles. The van der Waals surface area contributed by atoms with Crippen LogP contribution < -0.4 is 4.90 Å². The number of aryl methyl sites for hydroxylation is 2. The van der Waals surface area contributed by atoms with E-state index in [0.29, 0.717) is 16.6 Å². The average Bonchev–Trinajstić information content (AvgIpc) is 3.20. The number of nitrogens with zero attached hydrogens (tertiary/aromatic N) is 7. The number of piperidine rings is 1. The molecule has 5 heterocycles. The zero-order valence-corrected chi connectivity index (χ0v) is 21.8. The molecule has 0 radical (unpaired) electrons. The molecule has 3 aromatic heterocycles. The number of hydrogen-bond donors (Lipinski definition) is 1. The molecule has 8 nitrogen and oxygen atoms in total. The van der Waals surface area contributed by atoms with Crippen molar-refractivity contribution < 1.29 is 0 Å². The van der Waals surface area contributed by atoms with Crippen LogP contribution in [0.5, 0.6) is 0 Å². The zero-order chi connectivity index (χ0) is 24.8. The second kappa shape index (κ2) is 7.62. The highest BCUT2D eigenvalue weighted by Crippen LogP contribution is 2.66. The maximum atomic E-state index is 6.86. The number of rotatable bonds is 4. The number of nitrogens with one attached hydrogen (secondary N) is 1. The van der Waals surface area contributed by atoms with Crippen molar-refractivity contribution in [1.82, 2.24) is 29.9 Å². The van der Waals surface area contributed by atoms with Crippen LogP contribution in [0.3, 0.4) is 0 Å². The number of hydrogen-bond acceptors (Lipinski definition) is 6. The Balaban J connectivity index is 1.19. The first-order chi connectivity index (χ1) is 17.4. The molecule has 3 aliphatic rings. The molecule has 4 aromatic rings. The minimum absolute atomic E-state index is 0.264. The molecule has 2 fully saturated rings. The third kappa shape index (κ3) is 2.91. The predicted octanol–water partition coefficient (Wildman–Crippen LogP) is 5.47. The number of aromatic amines is 1. The van der Waals surface area contributed by atoms with Gasteiger partial charge in [-0.2, -0.15) is 10.2 Å². The predicted molar refractivity (Wildman–Crippen MR) is 143 cm³/mol. The molecule has 2 aliphatic heterocycles. The SMILES string of the molecule is CC[C@]1(C2=NC(C)=CC2)[C@@H]2CCN(c3cnc4c(-c5ccc6nn(C)c(C)c6c5Cl)[nH]nc4n3)C[C@@H]21. The lowest BCUT2D eigenvalue weighted by Gasteiger charge is -2.26.